The molecule has 2 aromatic heterocycles. The van der Waals surface area contributed by atoms with Crippen molar-refractivity contribution in [2.24, 2.45) is 7.05 Å². The molecule has 1 saturated carbocycles. The Bertz CT molecular complexity index is 535. The Labute approximate surface area is 89.2 Å². The number of nitrogens with zero attached hydrogens (tertiary/aromatic N) is 3. The molecule has 15 heavy (non-hydrogen) atoms. The molecule has 2 heterocycles. The average molecular weight is 201 g/mol. The monoisotopic (exact) mass is 201 g/mol. The largest absolute Gasteiger partial charge is 0.316 e. The normalized spacial score (nSPS) is 16.2. The number of imidazole rings is 1. The molecular weight excluding hydrogens is 186 g/mol. The van der Waals surface area contributed by atoms with E-state index < -0.39 is 0 Å². The van der Waals surface area contributed by atoms with Crippen LogP contribution >= 0.6 is 0 Å². The number of aromatic nitrogens is 3. The topological polar surface area (TPSA) is 30.7 Å². The molecule has 78 valence electrons. The molecule has 2 aromatic rings. The van der Waals surface area contributed by atoms with E-state index in [0.29, 0.717) is 5.92 Å². The van der Waals surface area contributed by atoms with E-state index in [9.17, 15) is 0 Å². The Hall–Kier alpha value is -1.38. The Kier molecular flexibility index (Phi) is 1.67. The van der Waals surface area contributed by atoms with Gasteiger partial charge >= 0.3 is 0 Å². The summed E-state index contributed by atoms with van der Waals surface area (Å²) >= 11 is 0. The van der Waals surface area contributed by atoms with E-state index in [0.717, 1.165) is 16.9 Å². The minimum absolute atomic E-state index is 0.684. The molecule has 0 bridgehead atoms. The van der Waals surface area contributed by atoms with Crippen molar-refractivity contribution < 1.29 is 0 Å². The van der Waals surface area contributed by atoms with E-state index in [-0.39, 0.29) is 0 Å². The lowest BCUT2D eigenvalue weighted by Crippen LogP contribution is -1.96. The van der Waals surface area contributed by atoms with Crippen molar-refractivity contribution in [3.05, 3.63) is 23.1 Å². The second kappa shape index (κ2) is 2.81. The lowest BCUT2D eigenvalue weighted by molar-refractivity contribution is 0.811. The van der Waals surface area contributed by atoms with Crippen molar-refractivity contribution in [3.63, 3.8) is 0 Å². The predicted molar refractivity (Wildman–Crippen MR) is 60.0 cm³/mol. The van der Waals surface area contributed by atoms with Crippen molar-refractivity contribution in [2.45, 2.75) is 32.6 Å². The molecule has 0 radical (unpaired) electrons. The minimum atomic E-state index is 0.684. The highest BCUT2D eigenvalue weighted by atomic mass is 15.1. The standard InChI is InChI=1S/C12H15N3/c1-7-6-8(2)13-12-10(7)14-11(15(12)3)9-4-5-9/h6,9H,4-5H2,1-3H3. The van der Waals surface area contributed by atoms with Crippen LogP contribution in [0.4, 0.5) is 0 Å². The summed E-state index contributed by atoms with van der Waals surface area (Å²) in [6.07, 6.45) is 2.57. The van der Waals surface area contributed by atoms with Gasteiger partial charge in [-0.3, -0.25) is 0 Å². The third kappa shape index (κ3) is 1.26. The first kappa shape index (κ1) is 8.89. The first-order valence-electron chi connectivity index (χ1n) is 5.47. The third-order valence-corrected chi connectivity index (χ3v) is 3.12. The summed E-state index contributed by atoms with van der Waals surface area (Å²) in [5.74, 6) is 1.90. The number of fused-ring (bicyclic) bond motifs is 1. The van der Waals surface area contributed by atoms with Gasteiger partial charge in [-0.1, -0.05) is 0 Å². The molecule has 0 aliphatic heterocycles. The van der Waals surface area contributed by atoms with Crippen molar-refractivity contribution in [3.8, 4) is 0 Å². The predicted octanol–water partition coefficient (Wildman–Crippen LogP) is 2.46. The van der Waals surface area contributed by atoms with Crippen LogP contribution in [0.1, 0.15) is 35.8 Å². The maximum absolute atomic E-state index is 4.72. The van der Waals surface area contributed by atoms with E-state index in [1.807, 2.05) is 6.92 Å². The zero-order valence-electron chi connectivity index (χ0n) is 9.41. The molecule has 3 rings (SSSR count). The van der Waals surface area contributed by atoms with E-state index in [1.54, 1.807) is 0 Å². The van der Waals surface area contributed by atoms with E-state index in [1.165, 1.54) is 24.2 Å². The Morgan fingerprint density at radius 2 is 2.00 bits per heavy atom. The quantitative estimate of drug-likeness (QED) is 0.709. The van der Waals surface area contributed by atoms with Gasteiger partial charge in [0.25, 0.3) is 0 Å². The van der Waals surface area contributed by atoms with Crippen LogP contribution in [0.2, 0.25) is 0 Å². The molecule has 0 spiro atoms. The van der Waals surface area contributed by atoms with Gasteiger partial charge in [0.1, 0.15) is 11.3 Å². The van der Waals surface area contributed by atoms with Crippen LogP contribution < -0.4 is 0 Å². The van der Waals surface area contributed by atoms with Crippen LogP contribution in [0.3, 0.4) is 0 Å². The maximum Gasteiger partial charge on any atom is 0.160 e. The number of rotatable bonds is 1. The molecule has 1 fully saturated rings. The molecule has 0 amide bonds. The SMILES string of the molecule is Cc1cc(C)c2nc(C3CC3)n(C)c2n1. The molecule has 1 aliphatic rings. The molecule has 0 aromatic carbocycles. The zero-order chi connectivity index (χ0) is 10.6. The smallest absolute Gasteiger partial charge is 0.160 e. The van der Waals surface area contributed by atoms with Gasteiger partial charge < -0.3 is 4.57 Å². The van der Waals surface area contributed by atoms with Crippen LogP contribution in [0.5, 0.6) is 0 Å². The fraction of sp³-hybridized carbons (Fsp3) is 0.500. The summed E-state index contributed by atoms with van der Waals surface area (Å²) in [5.41, 5.74) is 4.42. The highest BCUT2D eigenvalue weighted by Crippen LogP contribution is 2.40. The summed E-state index contributed by atoms with van der Waals surface area (Å²) in [4.78, 5) is 9.28. The van der Waals surface area contributed by atoms with E-state index in [4.69, 9.17) is 4.98 Å². The van der Waals surface area contributed by atoms with Crippen LogP contribution in [0, 0.1) is 13.8 Å². The first-order valence-corrected chi connectivity index (χ1v) is 5.47. The summed E-state index contributed by atoms with van der Waals surface area (Å²) < 4.78 is 2.16. The molecule has 3 heteroatoms. The lowest BCUT2D eigenvalue weighted by Gasteiger charge is -2.00. The van der Waals surface area contributed by atoms with Crippen molar-refractivity contribution in [1.29, 1.82) is 0 Å². The fourth-order valence-electron chi connectivity index (χ4n) is 2.19. The molecule has 0 saturated heterocycles. The van der Waals surface area contributed by atoms with Gasteiger partial charge in [-0.05, 0) is 38.3 Å². The van der Waals surface area contributed by atoms with Gasteiger partial charge in [-0.15, -0.1) is 0 Å². The Morgan fingerprint density at radius 3 is 2.67 bits per heavy atom. The van der Waals surface area contributed by atoms with Gasteiger partial charge in [0.05, 0.1) is 0 Å². The van der Waals surface area contributed by atoms with Gasteiger partial charge in [-0.2, -0.15) is 0 Å². The Balaban J connectivity index is 2.34. The van der Waals surface area contributed by atoms with Crippen LogP contribution in [-0.2, 0) is 7.05 Å². The second-order valence-corrected chi connectivity index (χ2v) is 4.56. The van der Waals surface area contributed by atoms with Gasteiger partial charge in [0.2, 0.25) is 0 Å². The molecule has 0 atom stereocenters. The Morgan fingerprint density at radius 1 is 1.27 bits per heavy atom. The molecule has 0 N–H and O–H groups in total. The van der Waals surface area contributed by atoms with Gasteiger partial charge in [0, 0.05) is 18.7 Å². The molecule has 1 aliphatic carbocycles. The molecule has 0 unspecified atom stereocenters. The number of hydrogen-bond acceptors (Lipinski definition) is 2. The van der Waals surface area contributed by atoms with Crippen molar-refractivity contribution in [1.82, 2.24) is 14.5 Å². The summed E-state index contributed by atoms with van der Waals surface area (Å²) in [7, 11) is 2.08. The molecule has 3 nitrogen and oxygen atoms in total. The van der Waals surface area contributed by atoms with E-state index in [2.05, 4.69) is 29.6 Å². The number of aryl methyl sites for hydroxylation is 3. The third-order valence-electron chi connectivity index (χ3n) is 3.12. The summed E-state index contributed by atoms with van der Waals surface area (Å²) in [6, 6.07) is 2.10. The fourth-order valence-corrected chi connectivity index (χ4v) is 2.19. The number of pyridine rings is 1. The van der Waals surface area contributed by atoms with Crippen molar-refractivity contribution in [2.75, 3.05) is 0 Å². The van der Waals surface area contributed by atoms with Gasteiger partial charge in [0.15, 0.2) is 5.65 Å². The van der Waals surface area contributed by atoms with Gasteiger partial charge in [-0.25, -0.2) is 9.97 Å². The average Bonchev–Trinajstić information content (AvgIpc) is 2.94. The van der Waals surface area contributed by atoms with Crippen LogP contribution in [0.15, 0.2) is 6.07 Å². The highest BCUT2D eigenvalue weighted by molar-refractivity contribution is 5.76. The van der Waals surface area contributed by atoms with Crippen molar-refractivity contribution >= 4 is 11.2 Å². The first-order chi connectivity index (χ1) is 7.16. The minimum Gasteiger partial charge on any atom is -0.316 e. The number of hydrogen-bond donors (Lipinski definition) is 0. The molecular formula is C12H15N3. The summed E-state index contributed by atoms with van der Waals surface area (Å²) in [6.45, 7) is 4.15. The maximum atomic E-state index is 4.72. The van der Waals surface area contributed by atoms with Crippen LogP contribution in [0.25, 0.3) is 11.2 Å². The van der Waals surface area contributed by atoms with E-state index >= 15 is 0 Å². The lowest BCUT2D eigenvalue weighted by atomic mass is 10.2. The second-order valence-electron chi connectivity index (χ2n) is 4.56. The van der Waals surface area contributed by atoms with Crippen LogP contribution in [-0.4, -0.2) is 14.5 Å². The summed E-state index contributed by atoms with van der Waals surface area (Å²) in [5, 5.41) is 0. The highest BCUT2D eigenvalue weighted by Gasteiger charge is 2.29. The zero-order valence-corrected chi connectivity index (χ0v) is 9.41.